The van der Waals surface area contributed by atoms with Crippen LogP contribution in [0.2, 0.25) is 0 Å². The van der Waals surface area contributed by atoms with E-state index < -0.39 is 0 Å². The van der Waals surface area contributed by atoms with Gasteiger partial charge in [0, 0.05) is 25.0 Å². The third kappa shape index (κ3) is 2.71. The summed E-state index contributed by atoms with van der Waals surface area (Å²) >= 11 is 0. The van der Waals surface area contributed by atoms with Gasteiger partial charge in [0.15, 0.2) is 0 Å². The van der Waals surface area contributed by atoms with Crippen LogP contribution < -0.4 is 5.73 Å². The standard InChI is InChI=1S/C11H22N2O/c1-8(2)11(14)13(3)10-6-4-9(12)5-7-10/h8-10H,4-7,12H2,1-3H3. The molecule has 2 N–H and O–H groups in total. The van der Waals surface area contributed by atoms with Gasteiger partial charge in [0.05, 0.1) is 0 Å². The van der Waals surface area contributed by atoms with Crippen molar-refractivity contribution in [2.75, 3.05) is 7.05 Å². The smallest absolute Gasteiger partial charge is 0.225 e. The maximum absolute atomic E-state index is 11.7. The summed E-state index contributed by atoms with van der Waals surface area (Å²) in [6.45, 7) is 3.90. The molecule has 3 nitrogen and oxygen atoms in total. The first-order valence-corrected chi connectivity index (χ1v) is 5.54. The quantitative estimate of drug-likeness (QED) is 0.728. The van der Waals surface area contributed by atoms with Crippen LogP contribution in [0.5, 0.6) is 0 Å². The summed E-state index contributed by atoms with van der Waals surface area (Å²) in [6, 6.07) is 0.776. The highest BCUT2D eigenvalue weighted by Crippen LogP contribution is 2.22. The van der Waals surface area contributed by atoms with E-state index in [1.165, 1.54) is 0 Å². The van der Waals surface area contributed by atoms with Gasteiger partial charge in [-0.15, -0.1) is 0 Å². The van der Waals surface area contributed by atoms with Crippen molar-refractivity contribution >= 4 is 5.91 Å². The lowest BCUT2D eigenvalue weighted by molar-refractivity contribution is -0.135. The van der Waals surface area contributed by atoms with Crippen LogP contribution in [-0.4, -0.2) is 29.9 Å². The molecule has 0 saturated heterocycles. The predicted octanol–water partition coefficient (Wildman–Crippen LogP) is 1.37. The average molecular weight is 198 g/mol. The van der Waals surface area contributed by atoms with Crippen LogP contribution in [0.15, 0.2) is 0 Å². The minimum atomic E-state index is 0.107. The third-order valence-corrected chi connectivity index (χ3v) is 3.13. The lowest BCUT2D eigenvalue weighted by atomic mass is 9.90. The van der Waals surface area contributed by atoms with Crippen LogP contribution in [0.4, 0.5) is 0 Å². The number of rotatable bonds is 2. The maximum atomic E-state index is 11.7. The van der Waals surface area contributed by atoms with E-state index in [1.54, 1.807) is 0 Å². The molecule has 0 atom stereocenters. The fourth-order valence-corrected chi connectivity index (χ4v) is 2.08. The fourth-order valence-electron chi connectivity index (χ4n) is 2.08. The Kier molecular flexibility index (Phi) is 3.93. The molecular formula is C11H22N2O. The fraction of sp³-hybridized carbons (Fsp3) is 0.909. The zero-order valence-electron chi connectivity index (χ0n) is 9.49. The Balaban J connectivity index is 2.45. The van der Waals surface area contributed by atoms with Gasteiger partial charge < -0.3 is 10.6 Å². The van der Waals surface area contributed by atoms with Gasteiger partial charge in [0.25, 0.3) is 0 Å². The highest BCUT2D eigenvalue weighted by atomic mass is 16.2. The van der Waals surface area contributed by atoms with E-state index >= 15 is 0 Å². The van der Waals surface area contributed by atoms with Crippen LogP contribution in [0.1, 0.15) is 39.5 Å². The van der Waals surface area contributed by atoms with E-state index in [4.69, 9.17) is 5.73 Å². The zero-order chi connectivity index (χ0) is 10.7. The van der Waals surface area contributed by atoms with Gasteiger partial charge in [0.1, 0.15) is 0 Å². The molecule has 82 valence electrons. The molecule has 3 heteroatoms. The summed E-state index contributed by atoms with van der Waals surface area (Å²) in [5, 5.41) is 0. The van der Waals surface area contributed by atoms with Crippen molar-refractivity contribution in [2.24, 2.45) is 11.7 Å². The Morgan fingerprint density at radius 1 is 1.29 bits per heavy atom. The highest BCUT2D eigenvalue weighted by molar-refractivity contribution is 5.78. The summed E-state index contributed by atoms with van der Waals surface area (Å²) < 4.78 is 0. The summed E-state index contributed by atoms with van der Waals surface area (Å²) in [4.78, 5) is 13.6. The van der Waals surface area contributed by atoms with Crippen LogP contribution in [-0.2, 0) is 4.79 Å². The number of hydrogen-bond donors (Lipinski definition) is 1. The number of amides is 1. The van der Waals surface area contributed by atoms with E-state index in [2.05, 4.69) is 0 Å². The second kappa shape index (κ2) is 4.78. The molecule has 1 aliphatic carbocycles. The van der Waals surface area contributed by atoms with Gasteiger partial charge in [-0.2, -0.15) is 0 Å². The van der Waals surface area contributed by atoms with Crippen LogP contribution in [0, 0.1) is 5.92 Å². The topological polar surface area (TPSA) is 46.3 Å². The van der Waals surface area contributed by atoms with Crippen molar-refractivity contribution in [1.29, 1.82) is 0 Å². The number of hydrogen-bond acceptors (Lipinski definition) is 2. The molecular weight excluding hydrogens is 176 g/mol. The van der Waals surface area contributed by atoms with Gasteiger partial charge >= 0.3 is 0 Å². The Morgan fingerprint density at radius 3 is 2.21 bits per heavy atom. The summed E-state index contributed by atoms with van der Waals surface area (Å²) in [5.74, 6) is 0.362. The molecule has 0 spiro atoms. The van der Waals surface area contributed by atoms with E-state index in [0.717, 1.165) is 25.7 Å². The number of carbonyl (C=O) groups excluding carboxylic acids is 1. The monoisotopic (exact) mass is 198 g/mol. The number of nitrogens with two attached hydrogens (primary N) is 1. The minimum Gasteiger partial charge on any atom is -0.343 e. The maximum Gasteiger partial charge on any atom is 0.225 e. The lowest BCUT2D eigenvalue weighted by Crippen LogP contribution is -2.43. The Hall–Kier alpha value is -0.570. The van der Waals surface area contributed by atoms with Crippen LogP contribution in [0.25, 0.3) is 0 Å². The molecule has 14 heavy (non-hydrogen) atoms. The average Bonchev–Trinajstić information content (AvgIpc) is 2.16. The predicted molar refractivity (Wildman–Crippen MR) is 57.8 cm³/mol. The Labute approximate surface area is 86.6 Å². The van der Waals surface area contributed by atoms with Crippen molar-refractivity contribution in [3.05, 3.63) is 0 Å². The third-order valence-electron chi connectivity index (χ3n) is 3.13. The van der Waals surface area contributed by atoms with Crippen molar-refractivity contribution in [3.8, 4) is 0 Å². The molecule has 0 aromatic heterocycles. The first kappa shape index (κ1) is 11.5. The molecule has 0 aliphatic heterocycles. The molecule has 0 radical (unpaired) electrons. The summed E-state index contributed by atoms with van der Waals surface area (Å²) in [5.41, 5.74) is 5.83. The number of carbonyl (C=O) groups is 1. The van der Waals surface area contributed by atoms with E-state index in [1.807, 2.05) is 25.8 Å². The minimum absolute atomic E-state index is 0.107. The van der Waals surface area contributed by atoms with Gasteiger partial charge in [-0.25, -0.2) is 0 Å². The van der Waals surface area contributed by atoms with Crippen molar-refractivity contribution in [1.82, 2.24) is 4.90 Å². The molecule has 1 rings (SSSR count). The first-order valence-electron chi connectivity index (χ1n) is 5.54. The summed E-state index contributed by atoms with van der Waals surface area (Å²) in [6.07, 6.45) is 4.24. The van der Waals surface area contributed by atoms with Crippen molar-refractivity contribution in [3.63, 3.8) is 0 Å². The second-order valence-corrected chi connectivity index (χ2v) is 4.67. The second-order valence-electron chi connectivity index (χ2n) is 4.67. The first-order chi connectivity index (χ1) is 6.52. The molecule has 1 aliphatic rings. The summed E-state index contributed by atoms with van der Waals surface area (Å²) in [7, 11) is 1.92. The van der Waals surface area contributed by atoms with Crippen molar-refractivity contribution in [2.45, 2.75) is 51.6 Å². The van der Waals surface area contributed by atoms with E-state index in [-0.39, 0.29) is 11.8 Å². The van der Waals surface area contributed by atoms with E-state index in [0.29, 0.717) is 12.1 Å². The molecule has 0 aromatic rings. The normalized spacial score (nSPS) is 27.8. The number of nitrogens with zero attached hydrogens (tertiary/aromatic N) is 1. The molecule has 0 aromatic carbocycles. The van der Waals surface area contributed by atoms with Gasteiger partial charge in [0.2, 0.25) is 5.91 Å². The van der Waals surface area contributed by atoms with E-state index in [9.17, 15) is 4.79 Å². The Bertz CT molecular complexity index is 195. The van der Waals surface area contributed by atoms with Crippen molar-refractivity contribution < 1.29 is 4.79 Å². The highest BCUT2D eigenvalue weighted by Gasteiger charge is 2.25. The molecule has 1 fully saturated rings. The van der Waals surface area contributed by atoms with Crippen LogP contribution in [0.3, 0.4) is 0 Å². The molecule has 1 saturated carbocycles. The SMILES string of the molecule is CC(C)C(=O)N(C)C1CCC(N)CC1. The molecule has 0 unspecified atom stereocenters. The molecule has 0 bridgehead atoms. The lowest BCUT2D eigenvalue weighted by Gasteiger charge is -2.34. The zero-order valence-corrected chi connectivity index (χ0v) is 9.49. The van der Waals surface area contributed by atoms with Gasteiger partial charge in [-0.3, -0.25) is 4.79 Å². The Morgan fingerprint density at radius 2 is 1.79 bits per heavy atom. The van der Waals surface area contributed by atoms with Gasteiger partial charge in [-0.05, 0) is 25.7 Å². The van der Waals surface area contributed by atoms with Gasteiger partial charge in [-0.1, -0.05) is 13.8 Å². The largest absolute Gasteiger partial charge is 0.343 e. The van der Waals surface area contributed by atoms with Crippen LogP contribution >= 0.6 is 0 Å². The molecule has 1 amide bonds. The molecule has 0 heterocycles.